The number of anilines is 1. The fourth-order valence-corrected chi connectivity index (χ4v) is 2.83. The van der Waals surface area contributed by atoms with Crippen LogP contribution >= 0.6 is 11.6 Å². The zero-order valence-corrected chi connectivity index (χ0v) is 14.1. The zero-order chi connectivity index (χ0) is 18.1. The van der Waals surface area contributed by atoms with Crippen LogP contribution in [-0.4, -0.2) is 33.7 Å². The van der Waals surface area contributed by atoms with Crippen molar-refractivity contribution < 1.29 is 14.4 Å². The van der Waals surface area contributed by atoms with Gasteiger partial charge in [-0.1, -0.05) is 11.6 Å². The van der Waals surface area contributed by atoms with Gasteiger partial charge in [0.05, 0.1) is 36.6 Å². The van der Waals surface area contributed by atoms with Crippen molar-refractivity contribution in [3.8, 4) is 11.5 Å². The van der Waals surface area contributed by atoms with Crippen molar-refractivity contribution in [1.29, 1.82) is 0 Å². The molecule has 25 heavy (non-hydrogen) atoms. The minimum atomic E-state index is -0.490. The molecule has 0 atom stereocenters. The standard InChI is InChI=1S/C15H14ClN5O4/c1-24-9-5-8(12(21(22)23)11(6-9)25-2)7-20-4-3-10-13(16)18-15(17)19-14(10)20/h3-6H,7H2,1-2H3,(H2,17,18,19). The van der Waals surface area contributed by atoms with Crippen molar-refractivity contribution in [1.82, 2.24) is 14.5 Å². The lowest BCUT2D eigenvalue weighted by Crippen LogP contribution is -2.06. The van der Waals surface area contributed by atoms with E-state index in [1.165, 1.54) is 20.3 Å². The van der Waals surface area contributed by atoms with E-state index in [9.17, 15) is 10.1 Å². The smallest absolute Gasteiger partial charge is 0.316 e. The fraction of sp³-hybridized carbons (Fsp3) is 0.200. The highest BCUT2D eigenvalue weighted by molar-refractivity contribution is 6.34. The van der Waals surface area contributed by atoms with Crippen LogP contribution in [0.15, 0.2) is 24.4 Å². The van der Waals surface area contributed by atoms with Gasteiger partial charge in [-0.2, -0.15) is 4.98 Å². The van der Waals surface area contributed by atoms with Crippen molar-refractivity contribution in [3.63, 3.8) is 0 Å². The molecule has 0 fully saturated rings. The molecule has 9 nitrogen and oxygen atoms in total. The molecule has 0 aliphatic carbocycles. The van der Waals surface area contributed by atoms with Gasteiger partial charge >= 0.3 is 5.69 Å². The normalized spacial score (nSPS) is 10.8. The summed E-state index contributed by atoms with van der Waals surface area (Å²) in [6, 6.07) is 4.77. The first-order valence-electron chi connectivity index (χ1n) is 7.11. The van der Waals surface area contributed by atoms with Crippen LogP contribution in [0.4, 0.5) is 11.6 Å². The first-order valence-corrected chi connectivity index (χ1v) is 7.49. The zero-order valence-electron chi connectivity index (χ0n) is 13.4. The van der Waals surface area contributed by atoms with E-state index in [0.29, 0.717) is 22.3 Å². The molecule has 1 aromatic carbocycles. The average molecular weight is 364 g/mol. The largest absolute Gasteiger partial charge is 0.497 e. The second kappa shape index (κ2) is 6.44. The number of aromatic nitrogens is 3. The van der Waals surface area contributed by atoms with Crippen LogP contribution in [0.3, 0.4) is 0 Å². The number of nitrogens with two attached hydrogens (primary N) is 1. The topological polar surface area (TPSA) is 118 Å². The van der Waals surface area contributed by atoms with Crippen molar-refractivity contribution in [3.05, 3.63) is 45.2 Å². The average Bonchev–Trinajstić information content (AvgIpc) is 2.96. The second-order valence-electron chi connectivity index (χ2n) is 5.15. The summed E-state index contributed by atoms with van der Waals surface area (Å²) in [5.74, 6) is 0.583. The molecule has 0 radical (unpaired) electrons. The van der Waals surface area contributed by atoms with E-state index in [2.05, 4.69) is 9.97 Å². The number of halogens is 1. The number of nitro benzene ring substituents is 1. The van der Waals surface area contributed by atoms with Crippen LogP contribution in [0.5, 0.6) is 11.5 Å². The van der Waals surface area contributed by atoms with E-state index >= 15 is 0 Å². The number of rotatable bonds is 5. The summed E-state index contributed by atoms with van der Waals surface area (Å²) in [6.07, 6.45) is 1.71. The number of nitrogens with zero attached hydrogens (tertiary/aromatic N) is 4. The molecule has 0 spiro atoms. The molecule has 2 aromatic heterocycles. The molecule has 0 saturated carbocycles. The van der Waals surface area contributed by atoms with Gasteiger partial charge in [0.25, 0.3) is 0 Å². The Hall–Kier alpha value is -3.07. The summed E-state index contributed by atoms with van der Waals surface area (Å²) in [5, 5.41) is 12.3. The maximum atomic E-state index is 11.5. The summed E-state index contributed by atoms with van der Waals surface area (Å²) in [7, 11) is 2.84. The van der Waals surface area contributed by atoms with Crippen LogP contribution in [-0.2, 0) is 6.54 Å². The molecular formula is C15H14ClN5O4. The van der Waals surface area contributed by atoms with Gasteiger partial charge < -0.3 is 19.8 Å². The van der Waals surface area contributed by atoms with Gasteiger partial charge in [-0.25, -0.2) is 4.98 Å². The van der Waals surface area contributed by atoms with Gasteiger partial charge in [-0.15, -0.1) is 0 Å². The Morgan fingerprint density at radius 2 is 2.08 bits per heavy atom. The molecule has 130 valence electrons. The van der Waals surface area contributed by atoms with Crippen LogP contribution in [0.2, 0.25) is 5.15 Å². The van der Waals surface area contributed by atoms with E-state index in [1.807, 2.05) is 0 Å². The fourth-order valence-electron chi connectivity index (χ4n) is 2.59. The van der Waals surface area contributed by atoms with Gasteiger partial charge in [-0.05, 0) is 12.1 Å². The number of nitro groups is 1. The van der Waals surface area contributed by atoms with Gasteiger partial charge in [0, 0.05) is 12.3 Å². The summed E-state index contributed by atoms with van der Waals surface area (Å²) in [6.45, 7) is 0.153. The maximum absolute atomic E-state index is 11.5. The SMILES string of the molecule is COc1cc(Cn2ccc3c(Cl)nc(N)nc32)c([N+](=O)[O-])c(OC)c1. The Morgan fingerprint density at radius 3 is 2.72 bits per heavy atom. The Labute approximate surface area is 147 Å². The van der Waals surface area contributed by atoms with E-state index in [0.717, 1.165) is 0 Å². The van der Waals surface area contributed by atoms with Crippen LogP contribution in [0.25, 0.3) is 11.0 Å². The highest BCUT2D eigenvalue weighted by Gasteiger charge is 2.23. The number of fused-ring (bicyclic) bond motifs is 1. The van der Waals surface area contributed by atoms with E-state index in [4.69, 9.17) is 26.8 Å². The molecule has 10 heteroatoms. The molecule has 0 aliphatic heterocycles. The molecule has 0 saturated heterocycles. The quantitative estimate of drug-likeness (QED) is 0.420. The van der Waals surface area contributed by atoms with E-state index in [1.54, 1.807) is 22.9 Å². The number of methoxy groups -OCH3 is 2. The Morgan fingerprint density at radius 1 is 1.32 bits per heavy atom. The van der Waals surface area contributed by atoms with Crippen LogP contribution in [0, 0.1) is 10.1 Å². The third kappa shape index (κ3) is 3.01. The molecular weight excluding hydrogens is 350 g/mol. The van der Waals surface area contributed by atoms with Crippen molar-refractivity contribution in [2.45, 2.75) is 6.54 Å². The summed E-state index contributed by atoms with van der Waals surface area (Å²) in [5.41, 5.74) is 6.38. The minimum Gasteiger partial charge on any atom is -0.497 e. The van der Waals surface area contributed by atoms with E-state index < -0.39 is 4.92 Å². The summed E-state index contributed by atoms with van der Waals surface area (Å²) in [4.78, 5) is 19.1. The van der Waals surface area contributed by atoms with Crippen LogP contribution in [0.1, 0.15) is 5.56 Å². The van der Waals surface area contributed by atoms with Gasteiger partial charge in [0.2, 0.25) is 11.7 Å². The molecule has 0 unspecified atom stereocenters. The van der Waals surface area contributed by atoms with E-state index in [-0.39, 0.29) is 29.1 Å². The second-order valence-corrected chi connectivity index (χ2v) is 5.51. The monoisotopic (exact) mass is 363 g/mol. The predicted molar refractivity (Wildman–Crippen MR) is 92.3 cm³/mol. The third-order valence-corrected chi connectivity index (χ3v) is 3.98. The number of hydrogen-bond donors (Lipinski definition) is 1. The molecule has 0 bridgehead atoms. The van der Waals surface area contributed by atoms with Crippen molar-refractivity contribution >= 4 is 34.3 Å². The molecule has 2 N–H and O–H groups in total. The lowest BCUT2D eigenvalue weighted by atomic mass is 10.1. The minimum absolute atomic E-state index is 0.0233. The van der Waals surface area contributed by atoms with Gasteiger partial charge in [0.15, 0.2) is 0 Å². The van der Waals surface area contributed by atoms with Gasteiger partial charge in [-0.3, -0.25) is 10.1 Å². The molecule has 3 aromatic rings. The third-order valence-electron chi connectivity index (χ3n) is 3.70. The Bertz CT molecular complexity index is 972. The lowest BCUT2D eigenvalue weighted by Gasteiger charge is -2.11. The number of benzene rings is 1. The summed E-state index contributed by atoms with van der Waals surface area (Å²) < 4.78 is 12.0. The molecule has 2 heterocycles. The van der Waals surface area contributed by atoms with Crippen molar-refractivity contribution in [2.75, 3.05) is 20.0 Å². The van der Waals surface area contributed by atoms with Crippen LogP contribution < -0.4 is 15.2 Å². The number of ether oxygens (including phenoxy) is 2. The highest BCUT2D eigenvalue weighted by Crippen LogP contribution is 2.36. The Kier molecular flexibility index (Phi) is 4.32. The highest BCUT2D eigenvalue weighted by atomic mass is 35.5. The Balaban J connectivity index is 2.16. The van der Waals surface area contributed by atoms with Crippen molar-refractivity contribution in [2.24, 2.45) is 0 Å². The number of hydrogen-bond acceptors (Lipinski definition) is 7. The van der Waals surface area contributed by atoms with Gasteiger partial charge in [0.1, 0.15) is 16.5 Å². The lowest BCUT2D eigenvalue weighted by molar-refractivity contribution is -0.386. The molecule has 0 aliphatic rings. The molecule has 3 rings (SSSR count). The summed E-state index contributed by atoms with van der Waals surface area (Å²) >= 11 is 6.06. The first kappa shape index (κ1) is 16.8. The first-order chi connectivity index (χ1) is 11.9. The number of nitrogen functional groups attached to an aromatic ring is 1. The maximum Gasteiger partial charge on any atom is 0.316 e. The predicted octanol–water partition coefficient (Wildman–Crippen LogP) is 2.64. The molecule has 0 amide bonds.